The fourth-order valence-corrected chi connectivity index (χ4v) is 5.15. The molecule has 25 heavy (non-hydrogen) atoms. The first-order valence-electron chi connectivity index (χ1n) is 10.1. The van der Waals surface area contributed by atoms with E-state index in [0.29, 0.717) is 17.8 Å². The molecule has 0 spiro atoms. The smallest absolute Gasteiger partial charge is 0.122 e. The van der Waals surface area contributed by atoms with Crippen molar-refractivity contribution in [1.82, 2.24) is 0 Å². The van der Waals surface area contributed by atoms with Gasteiger partial charge in [-0.05, 0) is 73.5 Å². The molecule has 5 atom stereocenters. The molecule has 3 heteroatoms. The summed E-state index contributed by atoms with van der Waals surface area (Å²) in [7, 11) is 1.74. The van der Waals surface area contributed by atoms with Crippen molar-refractivity contribution in [2.75, 3.05) is 7.11 Å². The van der Waals surface area contributed by atoms with E-state index in [4.69, 9.17) is 4.74 Å². The molecule has 1 saturated carbocycles. The van der Waals surface area contributed by atoms with Crippen LogP contribution >= 0.6 is 0 Å². The molecule has 0 radical (unpaired) electrons. The van der Waals surface area contributed by atoms with E-state index in [0.717, 1.165) is 50.7 Å². The van der Waals surface area contributed by atoms with E-state index >= 15 is 0 Å². The average molecular weight is 347 g/mol. The molecule has 3 nitrogen and oxygen atoms in total. The second kappa shape index (κ2) is 8.55. The number of aliphatic hydroxyl groups excluding tert-OH is 2. The molecule has 1 fully saturated rings. The Morgan fingerprint density at radius 3 is 2.80 bits per heavy atom. The minimum Gasteiger partial charge on any atom is -0.496 e. The van der Waals surface area contributed by atoms with E-state index in [9.17, 15) is 10.2 Å². The molecule has 0 amide bonds. The lowest BCUT2D eigenvalue weighted by Crippen LogP contribution is -2.28. The van der Waals surface area contributed by atoms with Crippen LogP contribution in [0.4, 0.5) is 0 Å². The van der Waals surface area contributed by atoms with E-state index in [1.165, 1.54) is 24.0 Å². The SMILES string of the molecule is CCCCCC(O)CC[C@H]1C(O)C[C@@H]2Cc3c(cccc3OC)C[C@@H]21. The Kier molecular flexibility index (Phi) is 6.40. The molecule has 0 aliphatic heterocycles. The van der Waals surface area contributed by atoms with Gasteiger partial charge in [0.15, 0.2) is 0 Å². The molecular formula is C22H34O3. The largest absolute Gasteiger partial charge is 0.496 e. The third-order valence-corrected chi connectivity index (χ3v) is 6.54. The highest BCUT2D eigenvalue weighted by molar-refractivity contribution is 5.43. The van der Waals surface area contributed by atoms with Crippen molar-refractivity contribution in [3.05, 3.63) is 29.3 Å². The van der Waals surface area contributed by atoms with Crippen molar-refractivity contribution >= 4 is 0 Å². The van der Waals surface area contributed by atoms with Crippen LogP contribution in [-0.4, -0.2) is 29.5 Å². The minimum atomic E-state index is -0.210. The van der Waals surface area contributed by atoms with Crippen molar-refractivity contribution < 1.29 is 14.9 Å². The summed E-state index contributed by atoms with van der Waals surface area (Å²) in [5, 5.41) is 20.9. The number of methoxy groups -OCH3 is 1. The Bertz CT molecular complexity index is 556. The van der Waals surface area contributed by atoms with Crippen LogP contribution in [0.1, 0.15) is 63.0 Å². The summed E-state index contributed by atoms with van der Waals surface area (Å²) in [4.78, 5) is 0. The molecule has 140 valence electrons. The predicted octanol–water partition coefficient (Wildman–Crippen LogP) is 4.13. The third-order valence-electron chi connectivity index (χ3n) is 6.54. The van der Waals surface area contributed by atoms with Crippen LogP contribution in [0.25, 0.3) is 0 Å². The second-order valence-electron chi connectivity index (χ2n) is 8.12. The Labute approximate surface area is 152 Å². The molecular weight excluding hydrogens is 312 g/mol. The summed E-state index contributed by atoms with van der Waals surface area (Å²) in [6.07, 6.45) is 8.77. The number of hydrogen-bond donors (Lipinski definition) is 2. The molecule has 0 heterocycles. The van der Waals surface area contributed by atoms with Crippen molar-refractivity contribution in [1.29, 1.82) is 0 Å². The third kappa shape index (κ3) is 4.20. The van der Waals surface area contributed by atoms with E-state index in [1.54, 1.807) is 7.11 Å². The zero-order valence-electron chi connectivity index (χ0n) is 15.8. The first kappa shape index (κ1) is 18.7. The van der Waals surface area contributed by atoms with Crippen LogP contribution < -0.4 is 4.74 Å². The van der Waals surface area contributed by atoms with Gasteiger partial charge >= 0.3 is 0 Å². The number of aliphatic hydroxyl groups is 2. The normalized spacial score (nSPS) is 29.1. The zero-order valence-corrected chi connectivity index (χ0v) is 15.8. The van der Waals surface area contributed by atoms with Gasteiger partial charge in [0.2, 0.25) is 0 Å². The Hall–Kier alpha value is -1.06. The van der Waals surface area contributed by atoms with E-state index in [1.807, 2.05) is 0 Å². The van der Waals surface area contributed by atoms with Crippen LogP contribution in [0.5, 0.6) is 5.75 Å². The van der Waals surface area contributed by atoms with Gasteiger partial charge in [-0.1, -0.05) is 38.3 Å². The van der Waals surface area contributed by atoms with Gasteiger partial charge in [-0.15, -0.1) is 0 Å². The zero-order chi connectivity index (χ0) is 17.8. The highest BCUT2D eigenvalue weighted by atomic mass is 16.5. The van der Waals surface area contributed by atoms with Crippen LogP contribution in [0.3, 0.4) is 0 Å². The molecule has 0 bridgehead atoms. The number of benzene rings is 1. The number of unbranched alkanes of at least 4 members (excludes halogenated alkanes) is 2. The van der Waals surface area contributed by atoms with Gasteiger partial charge in [0.05, 0.1) is 19.3 Å². The van der Waals surface area contributed by atoms with Crippen LogP contribution in [0, 0.1) is 17.8 Å². The lowest BCUT2D eigenvalue weighted by Gasteiger charge is -2.32. The minimum absolute atomic E-state index is 0.200. The predicted molar refractivity (Wildman–Crippen MR) is 101 cm³/mol. The Balaban J connectivity index is 1.61. The first-order chi connectivity index (χ1) is 12.1. The van der Waals surface area contributed by atoms with E-state index in [2.05, 4.69) is 25.1 Å². The summed E-state index contributed by atoms with van der Waals surface area (Å²) < 4.78 is 5.54. The van der Waals surface area contributed by atoms with Crippen molar-refractivity contribution in [2.24, 2.45) is 17.8 Å². The quantitative estimate of drug-likeness (QED) is 0.696. The molecule has 1 aromatic carbocycles. The van der Waals surface area contributed by atoms with Crippen LogP contribution in [0.2, 0.25) is 0 Å². The molecule has 0 saturated heterocycles. The fraction of sp³-hybridized carbons (Fsp3) is 0.727. The van der Waals surface area contributed by atoms with Crippen molar-refractivity contribution in [3.63, 3.8) is 0 Å². The van der Waals surface area contributed by atoms with E-state index < -0.39 is 0 Å². The maximum atomic E-state index is 10.6. The number of ether oxygens (including phenoxy) is 1. The van der Waals surface area contributed by atoms with E-state index in [-0.39, 0.29) is 12.2 Å². The van der Waals surface area contributed by atoms with Crippen LogP contribution in [-0.2, 0) is 12.8 Å². The number of rotatable bonds is 8. The molecule has 3 rings (SSSR count). The highest BCUT2D eigenvalue weighted by Crippen LogP contribution is 2.48. The van der Waals surface area contributed by atoms with Crippen molar-refractivity contribution in [2.45, 2.75) is 76.9 Å². The summed E-state index contributed by atoms with van der Waals surface area (Å²) in [5.74, 6) is 2.45. The standard InChI is InChI=1S/C22H34O3/c1-3-4-5-8-17(23)10-11-18-19-12-15-7-6-9-22(25-2)20(15)13-16(19)14-21(18)24/h6-7,9,16-19,21,23-24H,3-5,8,10-14H2,1-2H3/t16-,17?,18+,19-,21?/m0/s1. The lowest BCUT2D eigenvalue weighted by molar-refractivity contribution is 0.0869. The first-order valence-corrected chi connectivity index (χ1v) is 10.1. The summed E-state index contributed by atoms with van der Waals surface area (Å²) in [6, 6.07) is 6.35. The Morgan fingerprint density at radius 2 is 2.04 bits per heavy atom. The topological polar surface area (TPSA) is 49.7 Å². The summed E-state index contributed by atoms with van der Waals surface area (Å²) in [6.45, 7) is 2.19. The van der Waals surface area contributed by atoms with Crippen LogP contribution in [0.15, 0.2) is 18.2 Å². The fourth-order valence-electron chi connectivity index (χ4n) is 5.15. The summed E-state index contributed by atoms with van der Waals surface area (Å²) >= 11 is 0. The maximum Gasteiger partial charge on any atom is 0.122 e. The van der Waals surface area contributed by atoms with Gasteiger partial charge in [-0.3, -0.25) is 0 Å². The summed E-state index contributed by atoms with van der Waals surface area (Å²) in [5.41, 5.74) is 2.74. The van der Waals surface area contributed by atoms with Crippen molar-refractivity contribution in [3.8, 4) is 5.75 Å². The molecule has 0 aromatic heterocycles. The molecule has 2 unspecified atom stereocenters. The monoisotopic (exact) mass is 346 g/mol. The van der Waals surface area contributed by atoms with Gasteiger partial charge in [0.1, 0.15) is 5.75 Å². The molecule has 2 aliphatic carbocycles. The van der Waals surface area contributed by atoms with Gasteiger partial charge in [-0.25, -0.2) is 0 Å². The Morgan fingerprint density at radius 1 is 1.20 bits per heavy atom. The van der Waals surface area contributed by atoms with Gasteiger partial charge in [0, 0.05) is 0 Å². The molecule has 2 N–H and O–H groups in total. The second-order valence-corrected chi connectivity index (χ2v) is 8.12. The number of fused-ring (bicyclic) bond motifs is 2. The highest BCUT2D eigenvalue weighted by Gasteiger charge is 2.44. The van der Waals surface area contributed by atoms with Gasteiger partial charge < -0.3 is 14.9 Å². The lowest BCUT2D eigenvalue weighted by atomic mass is 9.73. The average Bonchev–Trinajstić information content (AvgIpc) is 2.92. The maximum absolute atomic E-state index is 10.6. The van der Waals surface area contributed by atoms with Gasteiger partial charge in [0.25, 0.3) is 0 Å². The number of hydrogen-bond acceptors (Lipinski definition) is 3. The van der Waals surface area contributed by atoms with Gasteiger partial charge in [-0.2, -0.15) is 0 Å². The molecule has 1 aromatic rings. The molecule has 2 aliphatic rings.